The van der Waals surface area contributed by atoms with Crippen molar-refractivity contribution in [3.8, 4) is 73.5 Å². The third kappa shape index (κ3) is 10.0. The van der Waals surface area contributed by atoms with Crippen LogP contribution in [0.3, 0.4) is 0 Å². The van der Waals surface area contributed by atoms with Gasteiger partial charge in [0.15, 0.2) is 7.14 Å². The molecule has 17 aromatic carbocycles. The van der Waals surface area contributed by atoms with E-state index in [0.717, 1.165) is 210 Å². The van der Waals surface area contributed by atoms with E-state index in [2.05, 4.69) is 380 Å². The third-order valence-electron chi connectivity index (χ3n) is 23.5. The summed E-state index contributed by atoms with van der Waals surface area (Å²) >= 11 is 0. The number of nitrogens with zero attached hydrogens (tertiary/aromatic N) is 10. The molecule has 24 rings (SSSR count). The smallest absolute Gasteiger partial charge is 0.221 e. The van der Waals surface area contributed by atoms with Crippen molar-refractivity contribution < 1.29 is 4.57 Å². The highest BCUT2D eigenvalue weighted by atomic mass is 31.2. The van der Waals surface area contributed by atoms with Gasteiger partial charge in [0.25, 0.3) is 0 Å². The molecule has 11 nitrogen and oxygen atoms in total. The van der Waals surface area contributed by atoms with Crippen molar-refractivity contribution in [2.45, 2.75) is 0 Å². The Balaban J connectivity index is 0.582. The molecule has 115 heavy (non-hydrogen) atoms. The number of imidazole rings is 3. The topological polar surface area (TPSA) is 105 Å². The standard InChI is InChI=1S/C103H63N10OP/c114-115(79-53-44-65-20-4-5-21-71(65)59-79,78-51-42-68(43-52-78)74-48-57-94-85(62-74)82-23-7-13-29-92(82)110(94)102-107-87-25-9-6-24-83(87)100-105-90-27-11-16-32-97(90)112(100)102)80-54-45-69-36-39-72(58-76(69)60-80)75-46-55-88-86(63-75)101-106-91-28-12-17-33-98(91)113(101)103(108-88)111-93-30-14-8-22-81(93)84-61-73(47-56-95(84)111)67-34-37-70(38-35-67)99-104-89-26-10-15-31-96(89)109(99)77-49-40-66(41-50-77)64-18-2-1-3-19-64/h1-63H. The zero-order valence-electron chi connectivity index (χ0n) is 61.7. The van der Waals surface area contributed by atoms with E-state index in [1.54, 1.807) is 0 Å². The fourth-order valence-electron chi connectivity index (χ4n) is 17.9. The van der Waals surface area contributed by atoms with E-state index < -0.39 is 7.14 Å². The summed E-state index contributed by atoms with van der Waals surface area (Å²) in [6, 6.07) is 135. The molecule has 12 heteroatoms. The van der Waals surface area contributed by atoms with Gasteiger partial charge in [-0.15, -0.1) is 0 Å². The second-order valence-electron chi connectivity index (χ2n) is 29.9. The van der Waals surface area contributed by atoms with E-state index in [1.165, 1.54) is 11.1 Å². The highest BCUT2D eigenvalue weighted by Crippen LogP contribution is 2.47. The summed E-state index contributed by atoms with van der Waals surface area (Å²) in [7, 11) is -3.56. The summed E-state index contributed by atoms with van der Waals surface area (Å²) in [5, 5.41) is 12.8. The summed E-state index contributed by atoms with van der Waals surface area (Å²) in [6.07, 6.45) is 0. The second kappa shape index (κ2) is 25.2. The van der Waals surface area contributed by atoms with E-state index in [-0.39, 0.29) is 0 Å². The lowest BCUT2D eigenvalue weighted by atomic mass is 10.00. The predicted octanol–water partition coefficient (Wildman–Crippen LogP) is 24.2. The number of aromatic nitrogens is 10. The molecule has 1 atom stereocenters. The van der Waals surface area contributed by atoms with Crippen molar-refractivity contribution in [1.29, 1.82) is 0 Å². The Morgan fingerprint density at radius 3 is 1.22 bits per heavy atom. The van der Waals surface area contributed by atoms with Crippen molar-refractivity contribution >= 4 is 154 Å². The summed E-state index contributed by atoms with van der Waals surface area (Å²) in [6.45, 7) is 0. The van der Waals surface area contributed by atoms with Crippen LogP contribution in [-0.4, -0.2) is 47.4 Å². The molecule has 0 spiro atoms. The van der Waals surface area contributed by atoms with Crippen LogP contribution in [0.1, 0.15) is 0 Å². The Hall–Kier alpha value is -15.2. The first kappa shape index (κ1) is 64.6. The van der Waals surface area contributed by atoms with Gasteiger partial charge < -0.3 is 4.57 Å². The van der Waals surface area contributed by atoms with Crippen LogP contribution in [0, 0.1) is 0 Å². The van der Waals surface area contributed by atoms with Gasteiger partial charge in [-0.3, -0.25) is 22.5 Å². The number of para-hydroxylation sites is 9. The highest BCUT2D eigenvalue weighted by molar-refractivity contribution is 7.85. The van der Waals surface area contributed by atoms with Gasteiger partial charge in [-0.1, -0.05) is 255 Å². The van der Waals surface area contributed by atoms with Crippen molar-refractivity contribution in [3.05, 3.63) is 382 Å². The van der Waals surface area contributed by atoms with E-state index in [0.29, 0.717) is 0 Å². The Bertz CT molecular complexity index is 8260. The molecule has 0 fully saturated rings. The zero-order valence-corrected chi connectivity index (χ0v) is 62.6. The third-order valence-corrected chi connectivity index (χ3v) is 26.6. The van der Waals surface area contributed by atoms with Crippen LogP contribution in [0.15, 0.2) is 382 Å². The molecule has 0 saturated carbocycles. The fourth-order valence-corrected chi connectivity index (χ4v) is 20.6. The summed E-state index contributed by atoms with van der Waals surface area (Å²) < 4.78 is 28.3. The van der Waals surface area contributed by atoms with Gasteiger partial charge >= 0.3 is 0 Å². The molecule has 0 amide bonds. The molecule has 1 unspecified atom stereocenters. The molecule has 536 valence electrons. The van der Waals surface area contributed by atoms with Gasteiger partial charge in [-0.25, -0.2) is 24.9 Å². The van der Waals surface area contributed by atoms with Gasteiger partial charge in [-0.05, 0) is 193 Å². The molecule has 24 aromatic rings. The van der Waals surface area contributed by atoms with Gasteiger partial charge in [0, 0.05) is 59.5 Å². The molecule has 0 saturated heterocycles. The Labute approximate surface area is 657 Å². The Kier molecular flexibility index (Phi) is 14.2. The molecular formula is C103H63N10OP. The first-order chi connectivity index (χ1) is 56.8. The molecule has 0 N–H and O–H groups in total. The average Bonchev–Trinajstić information content (AvgIpc) is 1.60. The first-order valence-electron chi connectivity index (χ1n) is 38.8. The minimum atomic E-state index is -3.56. The number of hydrogen-bond acceptors (Lipinski definition) is 6. The van der Waals surface area contributed by atoms with Crippen LogP contribution in [0.2, 0.25) is 0 Å². The molecule has 7 aromatic heterocycles. The summed E-state index contributed by atoms with van der Waals surface area (Å²) in [4.78, 5) is 26.9. The van der Waals surface area contributed by atoms with Gasteiger partial charge in [0.1, 0.15) is 17.1 Å². The summed E-state index contributed by atoms with van der Waals surface area (Å²) in [5.41, 5.74) is 24.0. The fraction of sp³-hybridized carbons (Fsp3) is 0. The van der Waals surface area contributed by atoms with Crippen LogP contribution in [0.25, 0.3) is 205 Å². The number of fused-ring (bicyclic) bond motifs is 19. The molecule has 0 aliphatic heterocycles. The van der Waals surface area contributed by atoms with Crippen LogP contribution < -0.4 is 15.9 Å². The van der Waals surface area contributed by atoms with E-state index in [9.17, 15) is 0 Å². The number of hydrogen-bond donors (Lipinski definition) is 0. The predicted molar refractivity (Wildman–Crippen MR) is 474 cm³/mol. The number of rotatable bonds is 11. The molecule has 0 bridgehead atoms. The lowest BCUT2D eigenvalue weighted by Crippen LogP contribution is -2.25. The molecule has 0 radical (unpaired) electrons. The average molecular weight is 1490 g/mol. The van der Waals surface area contributed by atoms with Crippen LogP contribution in [0.5, 0.6) is 0 Å². The van der Waals surface area contributed by atoms with E-state index >= 15 is 4.57 Å². The van der Waals surface area contributed by atoms with Crippen LogP contribution in [0.4, 0.5) is 0 Å². The Morgan fingerprint density at radius 1 is 0.209 bits per heavy atom. The lowest BCUT2D eigenvalue weighted by molar-refractivity contribution is 0.592. The monoisotopic (exact) mass is 1490 g/mol. The minimum Gasteiger partial charge on any atom is -0.309 e. The van der Waals surface area contributed by atoms with Crippen molar-refractivity contribution in [2.75, 3.05) is 0 Å². The highest BCUT2D eigenvalue weighted by Gasteiger charge is 2.32. The normalized spacial score (nSPS) is 12.6. The lowest BCUT2D eigenvalue weighted by Gasteiger charge is -2.21. The van der Waals surface area contributed by atoms with Crippen molar-refractivity contribution in [2.24, 2.45) is 0 Å². The van der Waals surface area contributed by atoms with Gasteiger partial charge in [0.2, 0.25) is 11.9 Å². The number of benzene rings is 17. The quantitative estimate of drug-likeness (QED) is 0.119. The molecular weight excluding hydrogens is 1420 g/mol. The van der Waals surface area contributed by atoms with Gasteiger partial charge in [0.05, 0.1) is 66.2 Å². The van der Waals surface area contributed by atoms with Crippen LogP contribution >= 0.6 is 7.14 Å². The Morgan fingerprint density at radius 2 is 0.591 bits per heavy atom. The van der Waals surface area contributed by atoms with Gasteiger partial charge in [-0.2, -0.15) is 0 Å². The maximum Gasteiger partial charge on any atom is 0.221 e. The summed E-state index contributed by atoms with van der Waals surface area (Å²) in [5.74, 6) is 2.41. The first-order valence-corrected chi connectivity index (χ1v) is 40.5. The largest absolute Gasteiger partial charge is 0.309 e. The maximum absolute atomic E-state index is 17.0. The van der Waals surface area contributed by atoms with Crippen molar-refractivity contribution in [1.82, 2.24) is 47.4 Å². The second-order valence-corrected chi connectivity index (χ2v) is 32.7. The van der Waals surface area contributed by atoms with E-state index in [4.69, 9.17) is 24.9 Å². The SMILES string of the molecule is O=P(c1ccc(-c2ccc3c(c2)c2ccccc2n3-c2nc3ccccc3c3nc4ccccc4n23)cc1)(c1ccc2ccccc2c1)c1ccc2ccc(-c3ccc4nc(-n5c6ccccc6c6cc(-c7ccc(-c8nc9ccccc9n8-c8ccc(-c9ccccc9)cc8)cc7)ccc65)n5c6ccccc6nc5c4c3)cc2c1. The molecule has 0 aliphatic carbocycles. The van der Waals surface area contributed by atoms with Crippen molar-refractivity contribution in [3.63, 3.8) is 0 Å². The van der Waals surface area contributed by atoms with E-state index in [1.807, 2.05) is 24.3 Å². The zero-order chi connectivity index (χ0) is 75.6. The molecule has 7 heterocycles. The maximum atomic E-state index is 17.0. The minimum absolute atomic E-state index is 0.747. The molecule has 0 aliphatic rings. The van der Waals surface area contributed by atoms with Crippen LogP contribution in [-0.2, 0) is 4.57 Å².